The zero-order valence-electron chi connectivity index (χ0n) is 15.5. The zero-order valence-corrected chi connectivity index (χ0v) is 15.5. The van der Waals surface area contributed by atoms with Crippen molar-refractivity contribution in [1.82, 2.24) is 20.1 Å². The minimum Gasteiger partial charge on any atom is -0.347 e. The van der Waals surface area contributed by atoms with Crippen LogP contribution in [-0.2, 0) is 11.3 Å². The highest BCUT2D eigenvalue weighted by Crippen LogP contribution is 2.09. The lowest BCUT2D eigenvalue weighted by Crippen LogP contribution is -2.50. The molecule has 8 heteroatoms. The van der Waals surface area contributed by atoms with Crippen molar-refractivity contribution >= 4 is 17.7 Å². The van der Waals surface area contributed by atoms with Crippen molar-refractivity contribution in [3.63, 3.8) is 0 Å². The maximum Gasteiger partial charge on any atom is 0.272 e. The Hall–Kier alpha value is -3.29. The second-order valence-electron chi connectivity index (χ2n) is 6.52. The van der Waals surface area contributed by atoms with Crippen molar-refractivity contribution in [1.29, 1.82) is 0 Å². The van der Waals surface area contributed by atoms with E-state index in [4.69, 9.17) is 0 Å². The van der Waals surface area contributed by atoms with E-state index in [0.717, 1.165) is 5.56 Å². The molecule has 0 radical (unpaired) electrons. The van der Waals surface area contributed by atoms with E-state index in [1.165, 1.54) is 25.1 Å². The van der Waals surface area contributed by atoms with Crippen LogP contribution < -0.4 is 5.32 Å². The number of nitrogens with zero attached hydrogens (tertiary/aromatic N) is 3. The number of amides is 3. The molecule has 7 nitrogen and oxygen atoms in total. The standard InChI is InChI=1S/C20H21FN4O3/c1-14(26)24-9-11-25(12-10-24)20(28)18-4-2-3-17(23-18)19(27)22-13-15-5-7-16(21)8-6-15/h2-8H,9-13H2,1H3,(H,22,27). The minimum atomic E-state index is -0.416. The Balaban J connectivity index is 1.61. The van der Waals surface area contributed by atoms with Gasteiger partial charge in [0.2, 0.25) is 5.91 Å². The molecular formula is C20H21FN4O3. The Morgan fingerprint density at radius 2 is 1.57 bits per heavy atom. The summed E-state index contributed by atoms with van der Waals surface area (Å²) in [6.45, 7) is 3.57. The van der Waals surface area contributed by atoms with Crippen LogP contribution in [0, 0.1) is 5.82 Å². The van der Waals surface area contributed by atoms with E-state index in [0.29, 0.717) is 26.2 Å². The first-order valence-corrected chi connectivity index (χ1v) is 8.98. The van der Waals surface area contributed by atoms with Gasteiger partial charge in [-0.25, -0.2) is 9.37 Å². The maximum absolute atomic E-state index is 12.9. The third kappa shape index (κ3) is 4.70. The molecule has 0 atom stereocenters. The predicted molar refractivity (Wildman–Crippen MR) is 100.0 cm³/mol. The van der Waals surface area contributed by atoms with Crippen molar-refractivity contribution in [2.24, 2.45) is 0 Å². The van der Waals surface area contributed by atoms with Crippen LogP contribution in [0.4, 0.5) is 4.39 Å². The molecule has 28 heavy (non-hydrogen) atoms. The summed E-state index contributed by atoms with van der Waals surface area (Å²) in [5.41, 5.74) is 1.08. The van der Waals surface area contributed by atoms with E-state index in [2.05, 4.69) is 10.3 Å². The highest BCUT2D eigenvalue weighted by molar-refractivity contribution is 5.96. The molecule has 0 aliphatic carbocycles. The van der Waals surface area contributed by atoms with E-state index >= 15 is 0 Å². The molecule has 1 saturated heterocycles. The van der Waals surface area contributed by atoms with E-state index < -0.39 is 5.91 Å². The second-order valence-corrected chi connectivity index (χ2v) is 6.52. The lowest BCUT2D eigenvalue weighted by Gasteiger charge is -2.34. The summed E-state index contributed by atoms with van der Waals surface area (Å²) >= 11 is 0. The first-order valence-electron chi connectivity index (χ1n) is 8.98. The van der Waals surface area contributed by atoms with Gasteiger partial charge in [-0.1, -0.05) is 18.2 Å². The normalized spacial score (nSPS) is 13.9. The van der Waals surface area contributed by atoms with Gasteiger partial charge in [0.1, 0.15) is 17.2 Å². The molecule has 0 spiro atoms. The number of piperazine rings is 1. The van der Waals surface area contributed by atoms with Gasteiger partial charge in [0.05, 0.1) is 0 Å². The van der Waals surface area contributed by atoms with Gasteiger partial charge in [-0.3, -0.25) is 14.4 Å². The number of hydrogen-bond acceptors (Lipinski definition) is 4. The Labute approximate surface area is 162 Å². The molecule has 1 aromatic heterocycles. The fourth-order valence-corrected chi connectivity index (χ4v) is 2.94. The second kappa shape index (κ2) is 8.60. The third-order valence-corrected chi connectivity index (χ3v) is 4.58. The highest BCUT2D eigenvalue weighted by Gasteiger charge is 2.24. The van der Waals surface area contributed by atoms with Crippen molar-refractivity contribution in [2.45, 2.75) is 13.5 Å². The molecule has 3 amide bonds. The van der Waals surface area contributed by atoms with Crippen molar-refractivity contribution in [3.05, 3.63) is 65.2 Å². The number of carbonyl (C=O) groups is 3. The lowest BCUT2D eigenvalue weighted by atomic mass is 10.2. The summed E-state index contributed by atoms with van der Waals surface area (Å²) < 4.78 is 12.9. The largest absolute Gasteiger partial charge is 0.347 e. The van der Waals surface area contributed by atoms with Crippen LogP contribution in [0.1, 0.15) is 33.5 Å². The van der Waals surface area contributed by atoms with Crippen molar-refractivity contribution in [3.8, 4) is 0 Å². The topological polar surface area (TPSA) is 82.6 Å². The fourth-order valence-electron chi connectivity index (χ4n) is 2.94. The monoisotopic (exact) mass is 384 g/mol. The molecule has 1 aliphatic heterocycles. The van der Waals surface area contributed by atoms with Gasteiger partial charge < -0.3 is 15.1 Å². The number of carbonyl (C=O) groups excluding carboxylic acids is 3. The number of nitrogens with one attached hydrogen (secondary N) is 1. The van der Waals surface area contributed by atoms with Crippen LogP contribution >= 0.6 is 0 Å². The molecule has 2 aromatic rings. The third-order valence-electron chi connectivity index (χ3n) is 4.58. The molecule has 1 N–H and O–H groups in total. The van der Waals surface area contributed by atoms with Crippen LogP contribution in [0.15, 0.2) is 42.5 Å². The zero-order chi connectivity index (χ0) is 20.1. The van der Waals surface area contributed by atoms with E-state index in [9.17, 15) is 18.8 Å². The van der Waals surface area contributed by atoms with Gasteiger partial charge in [0.25, 0.3) is 11.8 Å². The summed E-state index contributed by atoms with van der Waals surface area (Å²) in [4.78, 5) is 43.9. The quantitative estimate of drug-likeness (QED) is 0.865. The Morgan fingerprint density at radius 1 is 0.964 bits per heavy atom. The molecule has 0 bridgehead atoms. The molecule has 1 aliphatic rings. The van der Waals surface area contributed by atoms with Gasteiger partial charge in [-0.15, -0.1) is 0 Å². The molecule has 2 heterocycles. The van der Waals surface area contributed by atoms with Gasteiger partial charge in [-0.05, 0) is 29.8 Å². The molecule has 0 unspecified atom stereocenters. The number of halogens is 1. The summed E-state index contributed by atoms with van der Waals surface area (Å²) in [6.07, 6.45) is 0. The number of hydrogen-bond donors (Lipinski definition) is 1. The predicted octanol–water partition coefficient (Wildman–Crippen LogP) is 1.45. The van der Waals surface area contributed by atoms with Gasteiger partial charge >= 0.3 is 0 Å². The van der Waals surface area contributed by atoms with Crippen LogP contribution in [0.5, 0.6) is 0 Å². The highest BCUT2D eigenvalue weighted by atomic mass is 19.1. The summed E-state index contributed by atoms with van der Waals surface area (Å²) in [7, 11) is 0. The maximum atomic E-state index is 12.9. The average Bonchev–Trinajstić information content (AvgIpc) is 2.72. The first kappa shape index (κ1) is 19.5. The lowest BCUT2D eigenvalue weighted by molar-refractivity contribution is -0.130. The number of benzene rings is 1. The van der Waals surface area contributed by atoms with E-state index in [1.54, 1.807) is 34.1 Å². The van der Waals surface area contributed by atoms with Crippen molar-refractivity contribution in [2.75, 3.05) is 26.2 Å². The summed E-state index contributed by atoms with van der Waals surface area (Å²) in [5, 5.41) is 2.71. The van der Waals surface area contributed by atoms with Gasteiger partial charge in [0.15, 0.2) is 0 Å². The van der Waals surface area contributed by atoms with E-state index in [-0.39, 0.29) is 35.6 Å². The van der Waals surface area contributed by atoms with Gasteiger partial charge in [-0.2, -0.15) is 0 Å². The molecule has 146 valence electrons. The Bertz CT molecular complexity index is 877. The minimum absolute atomic E-state index is 0.00922. The number of rotatable bonds is 4. The Morgan fingerprint density at radius 3 is 2.21 bits per heavy atom. The SMILES string of the molecule is CC(=O)N1CCN(C(=O)c2cccc(C(=O)NCc3ccc(F)cc3)n2)CC1. The smallest absolute Gasteiger partial charge is 0.272 e. The van der Waals surface area contributed by atoms with Crippen molar-refractivity contribution < 1.29 is 18.8 Å². The van der Waals surface area contributed by atoms with Crippen LogP contribution in [0.3, 0.4) is 0 Å². The van der Waals surface area contributed by atoms with Gasteiger partial charge in [0, 0.05) is 39.6 Å². The summed E-state index contributed by atoms with van der Waals surface area (Å²) in [5.74, 6) is -1.03. The number of pyridine rings is 1. The molecule has 1 aromatic carbocycles. The number of aromatic nitrogens is 1. The summed E-state index contributed by atoms with van der Waals surface area (Å²) in [6, 6.07) is 10.5. The van der Waals surface area contributed by atoms with E-state index in [1.807, 2.05) is 0 Å². The molecular weight excluding hydrogens is 363 g/mol. The van der Waals surface area contributed by atoms with Crippen LogP contribution in [0.25, 0.3) is 0 Å². The molecule has 3 rings (SSSR count). The average molecular weight is 384 g/mol. The molecule has 0 saturated carbocycles. The van der Waals surface area contributed by atoms with Crippen LogP contribution in [0.2, 0.25) is 0 Å². The van der Waals surface area contributed by atoms with Crippen LogP contribution in [-0.4, -0.2) is 58.7 Å². The first-order chi connectivity index (χ1) is 13.4. The fraction of sp³-hybridized carbons (Fsp3) is 0.300. The Kier molecular flexibility index (Phi) is 5.98. The molecule has 1 fully saturated rings.